The zero-order valence-corrected chi connectivity index (χ0v) is 8.02. The molecule has 0 N–H and O–H groups in total. The number of rotatable bonds is 0. The lowest BCUT2D eigenvalue weighted by Crippen LogP contribution is -1.72. The van der Waals surface area contributed by atoms with Gasteiger partial charge in [-0.1, -0.05) is 48.6 Å². The molecule has 0 heterocycles. The maximum Gasteiger partial charge on any atom is 0.00473 e. The lowest BCUT2D eigenvalue weighted by atomic mass is 10.2. The van der Waals surface area contributed by atoms with Crippen molar-refractivity contribution in [3.8, 4) is 0 Å². The van der Waals surface area contributed by atoms with Gasteiger partial charge in [0.25, 0.3) is 0 Å². The molecule has 0 amide bonds. The van der Waals surface area contributed by atoms with Crippen molar-refractivity contribution < 1.29 is 0 Å². The predicted molar refractivity (Wildman–Crippen MR) is 59.3 cm³/mol. The van der Waals surface area contributed by atoms with Crippen molar-refractivity contribution in [3.63, 3.8) is 0 Å². The van der Waals surface area contributed by atoms with Crippen LogP contribution in [0.2, 0.25) is 0 Å². The highest BCUT2D eigenvalue weighted by atomic mass is 13.9. The van der Waals surface area contributed by atoms with Crippen LogP contribution in [0.1, 0.15) is 25.7 Å². The normalized spacial score (nSPS) is 28.9. The second-order valence-corrected chi connectivity index (χ2v) is 3.10. The first-order valence-corrected chi connectivity index (χ1v) is 4.98. The van der Waals surface area contributed by atoms with Crippen LogP contribution in [0.25, 0.3) is 0 Å². The van der Waals surface area contributed by atoms with Crippen LogP contribution in [0.5, 0.6) is 0 Å². The van der Waals surface area contributed by atoms with Gasteiger partial charge in [0, 0.05) is 6.42 Å². The van der Waals surface area contributed by atoms with E-state index in [1.165, 1.54) is 25.7 Å². The highest BCUT2D eigenvalue weighted by molar-refractivity contribution is 5.17. The highest BCUT2D eigenvalue weighted by Gasteiger charge is 1.83. The molecule has 1 rings (SSSR count). The van der Waals surface area contributed by atoms with Crippen LogP contribution in [0, 0.1) is 6.42 Å². The van der Waals surface area contributed by atoms with E-state index >= 15 is 0 Å². The van der Waals surface area contributed by atoms with Gasteiger partial charge >= 0.3 is 0 Å². The van der Waals surface area contributed by atoms with Crippen LogP contribution in [0.3, 0.4) is 0 Å². The van der Waals surface area contributed by atoms with Crippen LogP contribution in [-0.2, 0) is 0 Å². The van der Waals surface area contributed by atoms with Crippen molar-refractivity contribution in [3.05, 3.63) is 55.0 Å². The Morgan fingerprint density at radius 3 is 2.00 bits per heavy atom. The molecule has 0 spiro atoms. The Labute approximate surface area is 81.4 Å². The lowest BCUT2D eigenvalue weighted by molar-refractivity contribution is 0.762. The molecule has 0 aromatic heterocycles. The lowest BCUT2D eigenvalue weighted by Gasteiger charge is -1.91. The average Bonchev–Trinajstić information content (AvgIpc) is 2.18. The van der Waals surface area contributed by atoms with Crippen LogP contribution in [-0.4, -0.2) is 0 Å². The van der Waals surface area contributed by atoms with Crippen LogP contribution >= 0.6 is 0 Å². The van der Waals surface area contributed by atoms with Gasteiger partial charge in [-0.2, -0.15) is 0 Å². The van der Waals surface area contributed by atoms with Crippen molar-refractivity contribution in [1.82, 2.24) is 0 Å². The zero-order valence-electron chi connectivity index (χ0n) is 8.02. The van der Waals surface area contributed by atoms with E-state index in [0.29, 0.717) is 0 Å². The fourth-order valence-electron chi connectivity index (χ4n) is 1.19. The Hall–Kier alpha value is -1.04. The molecule has 0 nitrogen and oxygen atoms in total. The van der Waals surface area contributed by atoms with E-state index in [0.717, 1.165) is 0 Å². The molecule has 1 radical (unpaired) electrons. The van der Waals surface area contributed by atoms with Crippen LogP contribution in [0.4, 0.5) is 0 Å². The van der Waals surface area contributed by atoms with E-state index in [4.69, 9.17) is 0 Å². The van der Waals surface area contributed by atoms with Gasteiger partial charge < -0.3 is 0 Å². The van der Waals surface area contributed by atoms with Crippen molar-refractivity contribution in [2.75, 3.05) is 0 Å². The third-order valence-corrected chi connectivity index (χ3v) is 1.93. The third-order valence-electron chi connectivity index (χ3n) is 1.93. The van der Waals surface area contributed by atoms with Gasteiger partial charge in [0.05, 0.1) is 0 Å². The smallest absolute Gasteiger partial charge is 0.00473 e. The van der Waals surface area contributed by atoms with E-state index in [1.54, 1.807) is 0 Å². The minimum atomic E-state index is 1.20. The summed E-state index contributed by atoms with van der Waals surface area (Å²) >= 11 is 0. The van der Waals surface area contributed by atoms with Gasteiger partial charge in [-0.05, 0) is 25.7 Å². The molecule has 1 aliphatic carbocycles. The van der Waals surface area contributed by atoms with Crippen LogP contribution in [0.15, 0.2) is 48.6 Å². The summed E-state index contributed by atoms with van der Waals surface area (Å²) in [6.45, 7) is 0. The molecule has 13 heavy (non-hydrogen) atoms. The molecule has 0 aromatic rings. The van der Waals surface area contributed by atoms with Crippen molar-refractivity contribution in [2.45, 2.75) is 25.7 Å². The Morgan fingerprint density at radius 2 is 1.15 bits per heavy atom. The average molecular weight is 173 g/mol. The first-order chi connectivity index (χ1) is 6.50. The molecule has 0 bridgehead atoms. The number of hydrogen-bond donors (Lipinski definition) is 0. The van der Waals surface area contributed by atoms with Gasteiger partial charge in [-0.25, -0.2) is 0 Å². The quantitative estimate of drug-likeness (QED) is 0.519. The second kappa shape index (κ2) is 7.60. The highest BCUT2D eigenvalue weighted by Crippen LogP contribution is 2.02. The molecule has 0 heteroatoms. The Balaban J connectivity index is 2.38. The van der Waals surface area contributed by atoms with Gasteiger partial charge in [0.1, 0.15) is 0 Å². The first-order valence-electron chi connectivity index (χ1n) is 4.98. The third kappa shape index (κ3) is 6.15. The first kappa shape index (κ1) is 10.0. The summed E-state index contributed by atoms with van der Waals surface area (Å²) in [5.74, 6) is 0. The van der Waals surface area contributed by atoms with E-state index in [2.05, 4.69) is 49.0 Å². The summed E-state index contributed by atoms with van der Waals surface area (Å²) in [6, 6.07) is 0. The van der Waals surface area contributed by atoms with Gasteiger partial charge in [0.15, 0.2) is 0 Å². The molecular weight excluding hydrogens is 156 g/mol. The van der Waals surface area contributed by atoms with E-state index in [9.17, 15) is 0 Å². The summed E-state index contributed by atoms with van der Waals surface area (Å²) < 4.78 is 0. The molecule has 0 aromatic carbocycles. The molecule has 0 atom stereocenters. The predicted octanol–water partition coefficient (Wildman–Crippen LogP) is 3.99. The largest absolute Gasteiger partial charge is 0.0879 e. The molecule has 0 aliphatic heterocycles. The van der Waals surface area contributed by atoms with Crippen LogP contribution < -0.4 is 0 Å². The van der Waals surface area contributed by atoms with E-state index in [1.807, 2.05) is 6.08 Å². The molecular formula is C13H17. The fraction of sp³-hybridized carbons (Fsp3) is 0.308. The second-order valence-electron chi connectivity index (χ2n) is 3.10. The Bertz CT molecular complexity index is 216. The SMILES string of the molecule is [CH]1/C=C/C=C/C=C\CCCC/C=C/1. The Morgan fingerprint density at radius 1 is 0.538 bits per heavy atom. The van der Waals surface area contributed by atoms with Crippen molar-refractivity contribution >= 4 is 0 Å². The van der Waals surface area contributed by atoms with Gasteiger partial charge in [0.2, 0.25) is 0 Å². The zero-order chi connectivity index (χ0) is 9.19. The minimum Gasteiger partial charge on any atom is -0.0879 e. The Kier molecular flexibility index (Phi) is 5.87. The summed E-state index contributed by atoms with van der Waals surface area (Å²) in [7, 11) is 0. The summed E-state index contributed by atoms with van der Waals surface area (Å²) in [5, 5.41) is 0. The maximum atomic E-state index is 2.23. The molecule has 69 valence electrons. The van der Waals surface area contributed by atoms with Gasteiger partial charge in [-0.15, -0.1) is 0 Å². The van der Waals surface area contributed by atoms with Gasteiger partial charge in [-0.3, -0.25) is 0 Å². The van der Waals surface area contributed by atoms with E-state index in [-0.39, 0.29) is 0 Å². The standard InChI is InChI=1S/C13H17/c1-2-4-6-8-10-12-13-11-9-7-5-3-1/h1-9H,10-13H2/b2-1+,5-3+,8-6+,9-7-. The monoisotopic (exact) mass is 173 g/mol. The molecule has 0 unspecified atom stereocenters. The molecule has 1 aliphatic rings. The number of hydrogen-bond acceptors (Lipinski definition) is 0. The topological polar surface area (TPSA) is 0 Å². The molecule has 0 fully saturated rings. The van der Waals surface area contributed by atoms with Crippen molar-refractivity contribution in [2.24, 2.45) is 0 Å². The minimum absolute atomic E-state index is 1.20. The van der Waals surface area contributed by atoms with Crippen molar-refractivity contribution in [1.29, 1.82) is 0 Å². The molecule has 0 saturated heterocycles. The number of allylic oxidation sites excluding steroid dienone is 8. The summed E-state index contributed by atoms with van der Waals surface area (Å²) in [4.78, 5) is 0. The van der Waals surface area contributed by atoms with E-state index < -0.39 is 0 Å². The molecule has 0 saturated carbocycles. The summed E-state index contributed by atoms with van der Waals surface area (Å²) in [6.07, 6.45) is 24.0. The summed E-state index contributed by atoms with van der Waals surface area (Å²) in [5.41, 5.74) is 0. The maximum absolute atomic E-state index is 2.23. The fourth-order valence-corrected chi connectivity index (χ4v) is 1.19.